The van der Waals surface area contributed by atoms with Crippen molar-refractivity contribution in [1.82, 2.24) is 9.88 Å². The Morgan fingerprint density at radius 2 is 1.96 bits per heavy atom. The summed E-state index contributed by atoms with van der Waals surface area (Å²) < 4.78 is 0. The first-order valence-corrected chi connectivity index (χ1v) is 9.52. The third-order valence-electron chi connectivity index (χ3n) is 6.35. The number of benzene rings is 1. The fraction of sp³-hybridized carbons (Fsp3) is 0.591. The minimum absolute atomic E-state index is 0.209. The molecular weight excluding hydrogens is 308 g/mol. The zero-order chi connectivity index (χ0) is 18.0. The van der Waals surface area contributed by atoms with Gasteiger partial charge in [0.05, 0.1) is 0 Å². The molecule has 2 aromatic rings. The van der Waals surface area contributed by atoms with Crippen LogP contribution in [0, 0.1) is 24.7 Å². The minimum atomic E-state index is 0.209. The summed E-state index contributed by atoms with van der Waals surface area (Å²) in [5.74, 6) is 0. The van der Waals surface area contributed by atoms with Crippen LogP contribution in [-0.2, 0) is 6.54 Å². The van der Waals surface area contributed by atoms with Gasteiger partial charge < -0.3 is 4.98 Å². The molecule has 0 radical (unpaired) electrons. The molecule has 2 heterocycles. The largest absolute Gasteiger partial charge is 0.358 e. The molecular formula is C22H30N2O. The average molecular weight is 338 g/mol. The topological polar surface area (TPSA) is 36.1 Å². The number of fused-ring (bicyclic) bond motifs is 3. The summed E-state index contributed by atoms with van der Waals surface area (Å²) in [6, 6.07) is 6.71. The summed E-state index contributed by atoms with van der Waals surface area (Å²) in [6.07, 6.45) is 3.81. The van der Waals surface area contributed by atoms with Crippen LogP contribution in [0.3, 0.4) is 0 Å². The lowest BCUT2D eigenvalue weighted by atomic mass is 9.65. The number of likely N-dealkylation sites (tertiary alicyclic amines) is 1. The third kappa shape index (κ3) is 2.93. The van der Waals surface area contributed by atoms with E-state index in [1.807, 2.05) is 26.0 Å². The highest BCUT2D eigenvalue weighted by molar-refractivity contribution is 5.80. The minimum Gasteiger partial charge on any atom is -0.358 e. The Bertz CT molecular complexity index is 895. The van der Waals surface area contributed by atoms with Gasteiger partial charge in [0.2, 0.25) is 0 Å². The average Bonchev–Trinajstić information content (AvgIpc) is 2.73. The molecule has 1 aromatic heterocycles. The molecule has 1 aliphatic carbocycles. The second-order valence-corrected chi connectivity index (χ2v) is 9.73. The van der Waals surface area contributed by atoms with E-state index in [0.717, 1.165) is 40.8 Å². The Morgan fingerprint density at radius 1 is 1.20 bits per heavy atom. The van der Waals surface area contributed by atoms with Crippen LogP contribution >= 0.6 is 0 Å². The molecule has 2 bridgehead atoms. The van der Waals surface area contributed by atoms with Crippen LogP contribution in [0.2, 0.25) is 0 Å². The Balaban J connectivity index is 1.71. The first-order chi connectivity index (χ1) is 11.7. The number of H-pyrrole nitrogens is 1. The van der Waals surface area contributed by atoms with Gasteiger partial charge in [-0.2, -0.15) is 0 Å². The van der Waals surface area contributed by atoms with Gasteiger partial charge in [-0.05, 0) is 56.1 Å². The lowest BCUT2D eigenvalue weighted by Gasteiger charge is -2.40. The highest BCUT2D eigenvalue weighted by Crippen LogP contribution is 2.52. The van der Waals surface area contributed by atoms with Gasteiger partial charge in [-0.1, -0.05) is 32.4 Å². The van der Waals surface area contributed by atoms with E-state index in [0.29, 0.717) is 16.9 Å². The summed E-state index contributed by atoms with van der Waals surface area (Å²) in [4.78, 5) is 19.2. The van der Waals surface area contributed by atoms with Crippen molar-refractivity contribution in [3.8, 4) is 0 Å². The van der Waals surface area contributed by atoms with Crippen molar-refractivity contribution in [2.75, 3.05) is 6.54 Å². The van der Waals surface area contributed by atoms with E-state index in [1.54, 1.807) is 0 Å². The number of rotatable bonds is 2. The molecule has 1 aromatic carbocycles. The first-order valence-electron chi connectivity index (χ1n) is 9.52. The lowest BCUT2D eigenvalue weighted by Crippen LogP contribution is -2.35. The van der Waals surface area contributed by atoms with Crippen molar-refractivity contribution in [2.24, 2.45) is 10.8 Å². The Kier molecular flexibility index (Phi) is 3.66. The van der Waals surface area contributed by atoms with E-state index in [-0.39, 0.29) is 5.43 Å². The number of hydrogen-bond acceptors (Lipinski definition) is 2. The summed E-state index contributed by atoms with van der Waals surface area (Å²) in [5.41, 5.74) is 5.08. The third-order valence-corrected chi connectivity index (χ3v) is 6.35. The molecule has 0 unspecified atom stereocenters. The van der Waals surface area contributed by atoms with Crippen LogP contribution in [0.1, 0.15) is 56.9 Å². The molecule has 3 nitrogen and oxygen atoms in total. The van der Waals surface area contributed by atoms with E-state index < -0.39 is 0 Å². The van der Waals surface area contributed by atoms with Crippen LogP contribution in [0.5, 0.6) is 0 Å². The fourth-order valence-corrected chi connectivity index (χ4v) is 5.72. The van der Waals surface area contributed by atoms with Gasteiger partial charge in [-0.3, -0.25) is 9.69 Å². The van der Waals surface area contributed by atoms with Crippen molar-refractivity contribution in [3.63, 3.8) is 0 Å². The highest BCUT2D eigenvalue weighted by Gasteiger charge is 2.49. The molecule has 1 N–H and O–H groups in total. The van der Waals surface area contributed by atoms with E-state index in [2.05, 4.69) is 36.7 Å². The summed E-state index contributed by atoms with van der Waals surface area (Å²) >= 11 is 0. The van der Waals surface area contributed by atoms with Crippen LogP contribution in [0.25, 0.3) is 10.9 Å². The standard InChI is InChI=1S/C22H30N2O/c1-14-6-7-19-17(8-14)20(25)18(15(2)23-19)11-24-13-22(5)10-16(24)9-21(3,4)12-22/h6-8,16H,9-13H2,1-5H3,(H,23,25)/t16-,22+/m1/s1. The predicted octanol–water partition coefficient (Wildman–Crippen LogP) is 4.55. The van der Waals surface area contributed by atoms with Gasteiger partial charge in [-0.25, -0.2) is 0 Å². The normalized spacial score (nSPS) is 28.6. The molecule has 1 aliphatic heterocycles. The Labute approximate surface area is 150 Å². The Morgan fingerprint density at radius 3 is 2.72 bits per heavy atom. The van der Waals surface area contributed by atoms with Crippen molar-refractivity contribution < 1.29 is 0 Å². The summed E-state index contributed by atoms with van der Waals surface area (Å²) in [5, 5.41) is 0.828. The zero-order valence-electron chi connectivity index (χ0n) is 16.2. The van der Waals surface area contributed by atoms with Crippen LogP contribution in [-0.4, -0.2) is 22.5 Å². The monoisotopic (exact) mass is 338 g/mol. The highest BCUT2D eigenvalue weighted by atomic mass is 16.1. The van der Waals surface area contributed by atoms with Gasteiger partial charge in [0, 0.05) is 41.3 Å². The van der Waals surface area contributed by atoms with E-state index in [9.17, 15) is 4.79 Å². The molecule has 1 saturated carbocycles. The van der Waals surface area contributed by atoms with E-state index >= 15 is 0 Å². The van der Waals surface area contributed by atoms with Crippen LogP contribution < -0.4 is 5.43 Å². The molecule has 4 rings (SSSR count). The van der Waals surface area contributed by atoms with Crippen molar-refractivity contribution in [3.05, 3.63) is 45.2 Å². The van der Waals surface area contributed by atoms with Crippen molar-refractivity contribution in [1.29, 1.82) is 0 Å². The SMILES string of the molecule is Cc1ccc2[nH]c(C)c(CN3C[C@@]4(C)C[C@H]3CC(C)(C)C4)c(=O)c2c1. The van der Waals surface area contributed by atoms with Crippen molar-refractivity contribution >= 4 is 10.9 Å². The van der Waals surface area contributed by atoms with Crippen LogP contribution in [0.15, 0.2) is 23.0 Å². The van der Waals surface area contributed by atoms with Gasteiger partial charge in [-0.15, -0.1) is 0 Å². The number of nitrogens with one attached hydrogen (secondary N) is 1. The number of aryl methyl sites for hydroxylation is 2. The second-order valence-electron chi connectivity index (χ2n) is 9.73. The number of nitrogens with zero attached hydrogens (tertiary/aromatic N) is 1. The number of hydrogen-bond donors (Lipinski definition) is 1. The fourth-order valence-electron chi connectivity index (χ4n) is 5.72. The molecule has 3 heteroatoms. The molecule has 134 valence electrons. The molecule has 2 fully saturated rings. The van der Waals surface area contributed by atoms with Crippen molar-refractivity contribution in [2.45, 2.75) is 66.5 Å². The molecule has 2 atom stereocenters. The van der Waals surface area contributed by atoms with Crippen LogP contribution in [0.4, 0.5) is 0 Å². The molecule has 2 aliphatic rings. The van der Waals surface area contributed by atoms with E-state index in [4.69, 9.17) is 0 Å². The summed E-state index contributed by atoms with van der Waals surface area (Å²) in [7, 11) is 0. The number of aromatic nitrogens is 1. The second kappa shape index (κ2) is 5.44. The quantitative estimate of drug-likeness (QED) is 0.872. The number of pyridine rings is 1. The van der Waals surface area contributed by atoms with Gasteiger partial charge in [0.1, 0.15) is 0 Å². The summed E-state index contributed by atoms with van der Waals surface area (Å²) in [6.45, 7) is 13.2. The lowest BCUT2D eigenvalue weighted by molar-refractivity contribution is 0.126. The van der Waals surface area contributed by atoms with Gasteiger partial charge in [0.25, 0.3) is 0 Å². The van der Waals surface area contributed by atoms with E-state index in [1.165, 1.54) is 19.3 Å². The molecule has 1 saturated heterocycles. The maximum absolute atomic E-state index is 13.1. The predicted molar refractivity (Wildman–Crippen MR) is 104 cm³/mol. The maximum Gasteiger partial charge on any atom is 0.194 e. The first kappa shape index (κ1) is 16.8. The smallest absolute Gasteiger partial charge is 0.194 e. The maximum atomic E-state index is 13.1. The molecule has 0 amide bonds. The zero-order valence-corrected chi connectivity index (χ0v) is 16.2. The molecule has 25 heavy (non-hydrogen) atoms. The van der Waals surface area contributed by atoms with Gasteiger partial charge in [0.15, 0.2) is 5.43 Å². The number of aromatic amines is 1. The van der Waals surface area contributed by atoms with Gasteiger partial charge >= 0.3 is 0 Å². The molecule has 0 spiro atoms. The Hall–Kier alpha value is -1.61.